The van der Waals surface area contributed by atoms with Crippen molar-refractivity contribution < 1.29 is 19.4 Å². The third-order valence-corrected chi connectivity index (χ3v) is 3.31. The second-order valence-corrected chi connectivity index (χ2v) is 4.67. The Kier molecular flexibility index (Phi) is 3.39. The Bertz CT molecular complexity index is 445. The van der Waals surface area contributed by atoms with Crippen molar-refractivity contribution in [3.05, 3.63) is 11.1 Å². The van der Waals surface area contributed by atoms with Crippen LogP contribution in [0.15, 0.2) is 5.38 Å². The topological polar surface area (TPSA) is 88.5 Å². The highest BCUT2D eigenvalue weighted by molar-refractivity contribution is 7.13. The molecule has 1 aliphatic heterocycles. The van der Waals surface area contributed by atoms with Crippen molar-refractivity contribution >= 4 is 28.3 Å². The van der Waals surface area contributed by atoms with Gasteiger partial charge in [-0.2, -0.15) is 0 Å². The smallest absolute Gasteiger partial charge is 0.332 e. The van der Waals surface area contributed by atoms with E-state index in [1.54, 1.807) is 0 Å². The van der Waals surface area contributed by atoms with Gasteiger partial charge in [0, 0.05) is 5.38 Å². The van der Waals surface area contributed by atoms with Gasteiger partial charge in [-0.05, 0) is 19.8 Å². The zero-order chi connectivity index (χ0) is 12.4. The molecule has 0 spiro atoms. The lowest BCUT2D eigenvalue weighted by atomic mass is 10.2. The highest BCUT2D eigenvalue weighted by Crippen LogP contribution is 2.22. The van der Waals surface area contributed by atoms with Gasteiger partial charge in [0.25, 0.3) is 5.91 Å². The minimum absolute atomic E-state index is 0.330. The summed E-state index contributed by atoms with van der Waals surface area (Å²) in [6.07, 6.45) is -0.776. The van der Waals surface area contributed by atoms with Gasteiger partial charge < -0.3 is 9.84 Å². The molecule has 6 nitrogen and oxygen atoms in total. The summed E-state index contributed by atoms with van der Waals surface area (Å²) in [7, 11) is 0. The fraction of sp³-hybridized carbons (Fsp3) is 0.500. The minimum atomic E-state index is -1.02. The molecule has 0 unspecified atom stereocenters. The number of amides is 1. The number of carboxylic acids is 1. The molecule has 0 aromatic carbocycles. The monoisotopic (exact) mass is 256 g/mol. The van der Waals surface area contributed by atoms with Crippen LogP contribution >= 0.6 is 11.3 Å². The van der Waals surface area contributed by atoms with E-state index >= 15 is 0 Å². The van der Waals surface area contributed by atoms with Crippen molar-refractivity contribution in [2.45, 2.75) is 32.0 Å². The van der Waals surface area contributed by atoms with E-state index in [0.29, 0.717) is 18.0 Å². The van der Waals surface area contributed by atoms with Crippen LogP contribution in [-0.4, -0.2) is 34.2 Å². The highest BCUT2D eigenvalue weighted by atomic mass is 32.1. The first kappa shape index (κ1) is 12.0. The lowest BCUT2D eigenvalue weighted by Crippen LogP contribution is -2.29. The van der Waals surface area contributed by atoms with Crippen LogP contribution in [0.1, 0.15) is 18.5 Å². The largest absolute Gasteiger partial charge is 0.479 e. The van der Waals surface area contributed by atoms with Crippen LogP contribution in [0.3, 0.4) is 0 Å². The lowest BCUT2D eigenvalue weighted by Gasteiger charge is -2.09. The number of ether oxygens (including phenoxy) is 1. The number of rotatable bonds is 3. The average Bonchev–Trinajstić information content (AvgIpc) is 2.86. The van der Waals surface area contributed by atoms with Crippen LogP contribution in [0.2, 0.25) is 0 Å². The summed E-state index contributed by atoms with van der Waals surface area (Å²) in [6, 6.07) is 0. The molecule has 0 bridgehead atoms. The lowest BCUT2D eigenvalue weighted by molar-refractivity contribution is -0.150. The van der Waals surface area contributed by atoms with E-state index in [9.17, 15) is 9.59 Å². The summed E-state index contributed by atoms with van der Waals surface area (Å²) in [4.78, 5) is 26.5. The number of carboxylic acid groups (broad SMARTS) is 1. The highest BCUT2D eigenvalue weighted by Gasteiger charge is 2.34. The molecular weight excluding hydrogens is 244 g/mol. The first-order valence-electron chi connectivity index (χ1n) is 5.17. The number of hydrogen-bond acceptors (Lipinski definition) is 5. The molecule has 1 saturated heterocycles. The number of carbonyl (C=O) groups excluding carboxylic acids is 1. The molecule has 92 valence electrons. The second kappa shape index (κ2) is 4.80. The molecule has 0 radical (unpaired) electrons. The number of nitrogens with zero attached hydrogens (tertiary/aromatic N) is 1. The summed E-state index contributed by atoms with van der Waals surface area (Å²) in [5.41, 5.74) is 0.834. The molecule has 2 heterocycles. The SMILES string of the molecule is Cc1csc(NC(=O)[C@@H]2CC[C@H](C(=O)O)O2)n1. The first-order valence-corrected chi connectivity index (χ1v) is 6.05. The molecular formula is C10H12N2O4S. The third kappa shape index (κ3) is 2.80. The van der Waals surface area contributed by atoms with E-state index in [-0.39, 0.29) is 5.91 Å². The predicted molar refractivity (Wildman–Crippen MR) is 61.0 cm³/mol. The standard InChI is InChI=1S/C10H12N2O4S/c1-5-4-17-10(11-5)12-8(13)6-2-3-7(16-6)9(14)15/h4,6-7H,2-3H2,1H3,(H,14,15)(H,11,12,13)/t6-,7+/m0/s1. The van der Waals surface area contributed by atoms with Crippen molar-refractivity contribution in [3.8, 4) is 0 Å². The van der Waals surface area contributed by atoms with Gasteiger partial charge in [0.05, 0.1) is 5.69 Å². The fourth-order valence-electron chi connectivity index (χ4n) is 1.61. The summed E-state index contributed by atoms with van der Waals surface area (Å²) in [5.74, 6) is -1.35. The number of aliphatic carboxylic acids is 1. The van der Waals surface area contributed by atoms with Crippen LogP contribution in [0.25, 0.3) is 0 Å². The summed E-state index contributed by atoms with van der Waals surface area (Å²) in [5, 5.41) is 13.7. The quantitative estimate of drug-likeness (QED) is 0.843. The van der Waals surface area contributed by atoms with Gasteiger partial charge >= 0.3 is 5.97 Å². The van der Waals surface area contributed by atoms with Gasteiger partial charge in [-0.3, -0.25) is 10.1 Å². The van der Waals surface area contributed by atoms with Gasteiger partial charge in [-0.15, -0.1) is 11.3 Å². The van der Waals surface area contributed by atoms with Gasteiger partial charge in [-0.1, -0.05) is 0 Å². The zero-order valence-electron chi connectivity index (χ0n) is 9.17. The maximum Gasteiger partial charge on any atom is 0.332 e. The maximum atomic E-state index is 11.7. The van der Waals surface area contributed by atoms with Gasteiger partial charge in [0.2, 0.25) is 0 Å². The Balaban J connectivity index is 1.91. The summed E-state index contributed by atoms with van der Waals surface area (Å²) < 4.78 is 5.13. The van der Waals surface area contributed by atoms with Crippen LogP contribution in [-0.2, 0) is 14.3 Å². The number of aromatic nitrogens is 1. The Morgan fingerprint density at radius 3 is 2.76 bits per heavy atom. The van der Waals surface area contributed by atoms with Gasteiger partial charge in [-0.25, -0.2) is 9.78 Å². The molecule has 2 N–H and O–H groups in total. The Hall–Kier alpha value is -1.47. The number of anilines is 1. The number of hydrogen-bond donors (Lipinski definition) is 2. The molecule has 1 aliphatic rings. The van der Waals surface area contributed by atoms with E-state index in [2.05, 4.69) is 10.3 Å². The molecule has 2 rings (SSSR count). The van der Waals surface area contributed by atoms with Gasteiger partial charge in [0.15, 0.2) is 11.2 Å². The Morgan fingerprint density at radius 1 is 1.53 bits per heavy atom. The number of carbonyl (C=O) groups is 2. The maximum absolute atomic E-state index is 11.7. The Labute approximate surface area is 102 Å². The molecule has 17 heavy (non-hydrogen) atoms. The summed E-state index contributed by atoms with van der Waals surface area (Å²) >= 11 is 1.33. The van der Waals surface area contributed by atoms with E-state index in [4.69, 9.17) is 9.84 Å². The van der Waals surface area contributed by atoms with Crippen molar-refractivity contribution in [1.29, 1.82) is 0 Å². The van der Waals surface area contributed by atoms with Crippen LogP contribution in [0, 0.1) is 6.92 Å². The first-order chi connectivity index (χ1) is 8.06. The van der Waals surface area contributed by atoms with Crippen LogP contribution in [0.5, 0.6) is 0 Å². The van der Waals surface area contributed by atoms with Crippen molar-refractivity contribution in [2.24, 2.45) is 0 Å². The predicted octanol–water partition coefficient (Wildman–Crippen LogP) is 1.02. The molecule has 0 aliphatic carbocycles. The van der Waals surface area contributed by atoms with E-state index < -0.39 is 18.2 Å². The Morgan fingerprint density at radius 2 is 2.24 bits per heavy atom. The van der Waals surface area contributed by atoms with E-state index in [0.717, 1.165) is 5.69 Å². The van der Waals surface area contributed by atoms with Crippen molar-refractivity contribution in [2.75, 3.05) is 5.32 Å². The second-order valence-electron chi connectivity index (χ2n) is 3.81. The number of aryl methyl sites for hydroxylation is 1. The molecule has 1 amide bonds. The molecule has 1 aromatic heterocycles. The zero-order valence-corrected chi connectivity index (χ0v) is 9.99. The fourth-order valence-corrected chi connectivity index (χ4v) is 2.30. The molecule has 7 heteroatoms. The van der Waals surface area contributed by atoms with E-state index in [1.165, 1.54) is 11.3 Å². The molecule has 1 aromatic rings. The van der Waals surface area contributed by atoms with Crippen molar-refractivity contribution in [3.63, 3.8) is 0 Å². The summed E-state index contributed by atoms with van der Waals surface area (Å²) in [6.45, 7) is 1.83. The van der Waals surface area contributed by atoms with E-state index in [1.807, 2.05) is 12.3 Å². The number of thiazole rings is 1. The average molecular weight is 256 g/mol. The molecule has 1 fully saturated rings. The molecule has 0 saturated carbocycles. The molecule has 2 atom stereocenters. The van der Waals surface area contributed by atoms with Crippen LogP contribution < -0.4 is 5.32 Å². The van der Waals surface area contributed by atoms with Gasteiger partial charge in [0.1, 0.15) is 6.10 Å². The number of nitrogens with one attached hydrogen (secondary N) is 1. The third-order valence-electron chi connectivity index (χ3n) is 2.44. The minimum Gasteiger partial charge on any atom is -0.479 e. The van der Waals surface area contributed by atoms with Crippen molar-refractivity contribution in [1.82, 2.24) is 4.98 Å². The normalized spacial score (nSPS) is 23.6. The van der Waals surface area contributed by atoms with Crippen LogP contribution in [0.4, 0.5) is 5.13 Å².